The number of benzene rings is 1. The van der Waals surface area contributed by atoms with Crippen molar-refractivity contribution in [2.75, 3.05) is 5.32 Å². The Kier molecular flexibility index (Phi) is 4.07. The molecule has 0 spiro atoms. The maximum atomic E-state index is 11.8. The minimum absolute atomic E-state index is 0.207. The van der Waals surface area contributed by atoms with Crippen LogP contribution in [0.1, 0.15) is 15.9 Å². The van der Waals surface area contributed by atoms with E-state index in [0.29, 0.717) is 10.7 Å². The summed E-state index contributed by atoms with van der Waals surface area (Å²) in [5.41, 5.74) is 1.75. The van der Waals surface area contributed by atoms with Crippen LogP contribution in [0.3, 0.4) is 0 Å². The maximum Gasteiger partial charge on any atom is 0.257 e. The summed E-state index contributed by atoms with van der Waals surface area (Å²) < 4.78 is 0. The van der Waals surface area contributed by atoms with Crippen LogP contribution in [-0.4, -0.2) is 11.0 Å². The predicted molar refractivity (Wildman–Crippen MR) is 79.2 cm³/mol. The fraction of sp³-hybridized carbons (Fsp3) is 0.0769. The van der Waals surface area contributed by atoms with E-state index in [1.54, 1.807) is 23.5 Å². The highest BCUT2D eigenvalue weighted by Crippen LogP contribution is 2.19. The molecule has 2 aromatic rings. The van der Waals surface area contributed by atoms with Gasteiger partial charge in [0.15, 0.2) is 5.11 Å². The van der Waals surface area contributed by atoms with Crippen molar-refractivity contribution in [2.24, 2.45) is 0 Å². The first-order chi connectivity index (χ1) is 8.65. The molecular weight excluding hydrogens is 264 g/mol. The Bertz CT molecular complexity index is 563. The molecule has 0 aliphatic rings. The summed E-state index contributed by atoms with van der Waals surface area (Å²) in [7, 11) is 0. The molecule has 1 aromatic carbocycles. The van der Waals surface area contributed by atoms with Crippen molar-refractivity contribution in [3.05, 3.63) is 52.9 Å². The Morgan fingerprint density at radius 1 is 1.28 bits per heavy atom. The summed E-state index contributed by atoms with van der Waals surface area (Å²) in [5, 5.41) is 8.87. The van der Waals surface area contributed by atoms with Gasteiger partial charge in [-0.2, -0.15) is 0 Å². The largest absolute Gasteiger partial charge is 0.324 e. The van der Waals surface area contributed by atoms with Gasteiger partial charge in [-0.1, -0.05) is 18.2 Å². The normalized spacial score (nSPS) is 9.83. The Morgan fingerprint density at radius 2 is 2.00 bits per heavy atom. The van der Waals surface area contributed by atoms with Gasteiger partial charge in [0.25, 0.3) is 5.91 Å². The van der Waals surface area contributed by atoms with Crippen molar-refractivity contribution in [2.45, 2.75) is 6.92 Å². The average Bonchev–Trinajstić information content (AvgIpc) is 2.75. The van der Waals surface area contributed by atoms with Crippen LogP contribution < -0.4 is 10.6 Å². The summed E-state index contributed by atoms with van der Waals surface area (Å²) in [6.45, 7) is 2.01. The number of carbonyl (C=O) groups excluding carboxylic acids is 1. The van der Waals surface area contributed by atoms with Crippen molar-refractivity contribution in [3.8, 4) is 0 Å². The Labute approximate surface area is 115 Å². The van der Waals surface area contributed by atoms with E-state index in [4.69, 9.17) is 12.2 Å². The standard InChI is InChI=1S/C13H12N2OS2/c1-9-7-11(18-8-9)14-13(17)15-12(16)10-5-3-2-4-6-10/h2-8H,1H3,(H2,14,15,16,17). The molecular formula is C13H12N2OS2. The molecule has 92 valence electrons. The van der Waals surface area contributed by atoms with Gasteiger partial charge in [-0.15, -0.1) is 11.3 Å². The van der Waals surface area contributed by atoms with Crippen molar-refractivity contribution in [3.63, 3.8) is 0 Å². The summed E-state index contributed by atoms with van der Waals surface area (Å²) in [6, 6.07) is 11.0. The number of carbonyl (C=O) groups is 1. The third-order valence-corrected chi connectivity index (χ3v) is 3.40. The number of anilines is 1. The zero-order valence-electron chi connectivity index (χ0n) is 9.77. The van der Waals surface area contributed by atoms with Crippen LogP contribution in [0.4, 0.5) is 5.00 Å². The van der Waals surface area contributed by atoms with Gasteiger partial charge in [-0.25, -0.2) is 0 Å². The third-order valence-electron chi connectivity index (χ3n) is 2.23. The van der Waals surface area contributed by atoms with E-state index >= 15 is 0 Å². The van der Waals surface area contributed by atoms with Gasteiger partial charge in [0, 0.05) is 5.56 Å². The first kappa shape index (κ1) is 12.7. The summed E-state index contributed by atoms with van der Waals surface area (Å²) >= 11 is 6.64. The lowest BCUT2D eigenvalue weighted by Gasteiger charge is -2.07. The highest BCUT2D eigenvalue weighted by atomic mass is 32.1. The summed E-state index contributed by atoms with van der Waals surface area (Å²) in [5.74, 6) is -0.207. The van der Waals surface area contributed by atoms with E-state index in [1.165, 1.54) is 5.56 Å². The van der Waals surface area contributed by atoms with Crippen molar-refractivity contribution in [1.29, 1.82) is 0 Å². The van der Waals surface area contributed by atoms with E-state index < -0.39 is 0 Å². The second-order valence-electron chi connectivity index (χ2n) is 3.76. The average molecular weight is 276 g/mol. The van der Waals surface area contributed by atoms with E-state index in [1.807, 2.05) is 36.6 Å². The molecule has 5 heteroatoms. The lowest BCUT2D eigenvalue weighted by atomic mass is 10.2. The summed E-state index contributed by atoms with van der Waals surface area (Å²) in [4.78, 5) is 11.8. The van der Waals surface area contributed by atoms with Crippen molar-refractivity contribution < 1.29 is 4.79 Å². The molecule has 0 saturated carbocycles. The number of amides is 1. The number of thiophene rings is 1. The third kappa shape index (κ3) is 3.38. The van der Waals surface area contributed by atoms with Gasteiger partial charge in [-0.05, 0) is 48.3 Å². The van der Waals surface area contributed by atoms with Gasteiger partial charge in [-0.3, -0.25) is 10.1 Å². The van der Waals surface area contributed by atoms with Crippen LogP contribution in [0, 0.1) is 6.92 Å². The molecule has 1 amide bonds. The van der Waals surface area contributed by atoms with Crippen LogP contribution in [0.2, 0.25) is 0 Å². The molecule has 1 aromatic heterocycles. The fourth-order valence-corrected chi connectivity index (χ4v) is 2.47. The van der Waals surface area contributed by atoms with Crippen molar-refractivity contribution in [1.82, 2.24) is 5.32 Å². The zero-order chi connectivity index (χ0) is 13.0. The SMILES string of the molecule is Cc1csc(NC(=S)NC(=O)c2ccccc2)c1. The van der Waals surface area contributed by atoms with Gasteiger partial charge < -0.3 is 5.32 Å². The highest BCUT2D eigenvalue weighted by molar-refractivity contribution is 7.80. The number of nitrogens with one attached hydrogen (secondary N) is 2. The first-order valence-corrected chi connectivity index (χ1v) is 6.66. The predicted octanol–water partition coefficient (Wildman–Crippen LogP) is 3.18. The minimum Gasteiger partial charge on any atom is -0.324 e. The topological polar surface area (TPSA) is 41.1 Å². The second kappa shape index (κ2) is 5.75. The molecule has 0 atom stereocenters. The van der Waals surface area contributed by atoms with E-state index in [0.717, 1.165) is 5.00 Å². The number of hydrogen-bond acceptors (Lipinski definition) is 3. The minimum atomic E-state index is -0.207. The highest BCUT2D eigenvalue weighted by Gasteiger charge is 2.07. The molecule has 18 heavy (non-hydrogen) atoms. The molecule has 0 fully saturated rings. The van der Waals surface area contributed by atoms with E-state index in [9.17, 15) is 4.79 Å². The second-order valence-corrected chi connectivity index (χ2v) is 5.08. The van der Waals surface area contributed by atoms with Crippen molar-refractivity contribution >= 4 is 39.6 Å². The fourth-order valence-electron chi connectivity index (χ4n) is 1.40. The molecule has 0 aliphatic carbocycles. The number of rotatable bonds is 2. The lowest BCUT2D eigenvalue weighted by Crippen LogP contribution is -2.33. The van der Waals surface area contributed by atoms with Crippen LogP contribution in [0.15, 0.2) is 41.8 Å². The van der Waals surface area contributed by atoms with Crippen LogP contribution in [0.5, 0.6) is 0 Å². The Hall–Kier alpha value is -1.72. The van der Waals surface area contributed by atoms with Gasteiger partial charge in [0.05, 0.1) is 5.00 Å². The molecule has 0 saturated heterocycles. The molecule has 0 radical (unpaired) electrons. The molecule has 0 unspecified atom stereocenters. The zero-order valence-corrected chi connectivity index (χ0v) is 11.4. The smallest absolute Gasteiger partial charge is 0.257 e. The van der Waals surface area contributed by atoms with Gasteiger partial charge in [0.2, 0.25) is 0 Å². The lowest BCUT2D eigenvalue weighted by molar-refractivity contribution is 0.0978. The van der Waals surface area contributed by atoms with E-state index in [2.05, 4.69) is 10.6 Å². The molecule has 0 bridgehead atoms. The van der Waals surface area contributed by atoms with Gasteiger partial charge in [0.1, 0.15) is 0 Å². The van der Waals surface area contributed by atoms with E-state index in [-0.39, 0.29) is 5.91 Å². The molecule has 2 N–H and O–H groups in total. The number of aryl methyl sites for hydroxylation is 1. The summed E-state index contributed by atoms with van der Waals surface area (Å²) in [6.07, 6.45) is 0. The maximum absolute atomic E-state index is 11.8. The molecule has 0 aliphatic heterocycles. The van der Waals surface area contributed by atoms with Crippen LogP contribution in [-0.2, 0) is 0 Å². The molecule has 2 rings (SSSR count). The molecule has 3 nitrogen and oxygen atoms in total. The molecule has 1 heterocycles. The number of thiocarbonyl (C=S) groups is 1. The quantitative estimate of drug-likeness (QED) is 0.828. The monoisotopic (exact) mass is 276 g/mol. The van der Waals surface area contributed by atoms with Crippen LogP contribution in [0.25, 0.3) is 0 Å². The first-order valence-electron chi connectivity index (χ1n) is 5.37. The van der Waals surface area contributed by atoms with Gasteiger partial charge >= 0.3 is 0 Å². The Balaban J connectivity index is 1.94. The number of hydrogen-bond donors (Lipinski definition) is 2. The van der Waals surface area contributed by atoms with Crippen LogP contribution >= 0.6 is 23.6 Å². The Morgan fingerprint density at radius 3 is 2.61 bits per heavy atom.